The molecule has 0 saturated carbocycles. The van der Waals surface area contributed by atoms with Gasteiger partial charge in [0, 0.05) is 24.2 Å². The minimum atomic E-state index is -0.690. The van der Waals surface area contributed by atoms with Gasteiger partial charge in [-0.1, -0.05) is 73.3 Å². The number of aliphatic imine (C=N–C) groups is 2. The van der Waals surface area contributed by atoms with Gasteiger partial charge in [0.15, 0.2) is 5.17 Å². The van der Waals surface area contributed by atoms with Crippen LogP contribution in [-0.4, -0.2) is 45.4 Å². The molecule has 0 aliphatic carbocycles. The molecule has 0 saturated heterocycles. The zero-order chi connectivity index (χ0) is 27.2. The second-order valence-electron chi connectivity index (χ2n) is 9.24. The Labute approximate surface area is 231 Å². The third-order valence-electron chi connectivity index (χ3n) is 6.50. The molecule has 1 atom stereocenters. The molecule has 198 valence electrons. The van der Waals surface area contributed by atoms with Gasteiger partial charge in [-0.25, -0.2) is 9.89 Å². The SMILES string of the molecule is CCc1ccc(NC(=O)CSC2=Nc3ccccc3C3=NC(CCC(=O)NCc4ccccc4)C(=O)N23)cc1. The van der Waals surface area contributed by atoms with E-state index in [0.717, 1.165) is 23.2 Å². The lowest BCUT2D eigenvalue weighted by Crippen LogP contribution is -2.41. The number of benzene rings is 3. The number of carbonyl (C=O) groups is 3. The highest BCUT2D eigenvalue weighted by atomic mass is 32.2. The molecule has 0 aromatic heterocycles. The predicted molar refractivity (Wildman–Crippen MR) is 155 cm³/mol. The molecule has 3 amide bonds. The molecule has 0 bridgehead atoms. The van der Waals surface area contributed by atoms with Crippen LogP contribution in [0.5, 0.6) is 0 Å². The van der Waals surface area contributed by atoms with Crippen molar-refractivity contribution in [2.45, 2.75) is 38.8 Å². The van der Waals surface area contributed by atoms with E-state index in [-0.39, 0.29) is 36.3 Å². The van der Waals surface area contributed by atoms with Crippen molar-refractivity contribution >= 4 is 51.9 Å². The van der Waals surface area contributed by atoms with Crippen LogP contribution in [0, 0.1) is 0 Å². The molecule has 1 unspecified atom stereocenters. The summed E-state index contributed by atoms with van der Waals surface area (Å²) in [7, 11) is 0. The number of hydrogen-bond donors (Lipinski definition) is 2. The molecule has 39 heavy (non-hydrogen) atoms. The van der Waals surface area contributed by atoms with Gasteiger partial charge in [0.05, 0.1) is 11.4 Å². The minimum Gasteiger partial charge on any atom is -0.352 e. The highest BCUT2D eigenvalue weighted by molar-refractivity contribution is 8.14. The van der Waals surface area contributed by atoms with Gasteiger partial charge in [0.25, 0.3) is 5.91 Å². The van der Waals surface area contributed by atoms with Gasteiger partial charge in [0.1, 0.15) is 11.9 Å². The Balaban J connectivity index is 1.23. The topological polar surface area (TPSA) is 103 Å². The molecule has 3 aromatic rings. The highest BCUT2D eigenvalue weighted by Crippen LogP contribution is 2.34. The van der Waals surface area contributed by atoms with E-state index >= 15 is 0 Å². The Kier molecular flexibility index (Phi) is 8.17. The molecule has 0 radical (unpaired) electrons. The van der Waals surface area contributed by atoms with Crippen LogP contribution in [0.3, 0.4) is 0 Å². The van der Waals surface area contributed by atoms with Crippen LogP contribution < -0.4 is 10.6 Å². The molecular formula is C30H29N5O3S. The van der Waals surface area contributed by atoms with Gasteiger partial charge in [0.2, 0.25) is 11.8 Å². The fourth-order valence-electron chi connectivity index (χ4n) is 4.39. The van der Waals surface area contributed by atoms with Crippen molar-refractivity contribution in [1.29, 1.82) is 0 Å². The highest BCUT2D eigenvalue weighted by Gasteiger charge is 2.41. The van der Waals surface area contributed by atoms with E-state index in [1.54, 1.807) is 0 Å². The Bertz CT molecular complexity index is 1440. The average molecular weight is 540 g/mol. The summed E-state index contributed by atoms with van der Waals surface area (Å²) in [5, 5.41) is 6.20. The van der Waals surface area contributed by atoms with Crippen molar-refractivity contribution in [1.82, 2.24) is 10.2 Å². The van der Waals surface area contributed by atoms with E-state index in [1.807, 2.05) is 78.9 Å². The van der Waals surface area contributed by atoms with E-state index in [9.17, 15) is 14.4 Å². The van der Waals surface area contributed by atoms with Crippen molar-refractivity contribution in [3.63, 3.8) is 0 Å². The lowest BCUT2D eigenvalue weighted by molar-refractivity contribution is -0.125. The molecule has 2 aliphatic rings. The van der Waals surface area contributed by atoms with Crippen molar-refractivity contribution in [2.24, 2.45) is 9.98 Å². The van der Waals surface area contributed by atoms with Crippen LogP contribution in [0.25, 0.3) is 0 Å². The monoisotopic (exact) mass is 539 g/mol. The van der Waals surface area contributed by atoms with Crippen LogP contribution in [-0.2, 0) is 27.3 Å². The summed E-state index contributed by atoms with van der Waals surface area (Å²) >= 11 is 1.19. The molecule has 9 heteroatoms. The number of nitrogens with zero attached hydrogens (tertiary/aromatic N) is 3. The number of amides is 3. The Morgan fingerprint density at radius 3 is 2.44 bits per heavy atom. The van der Waals surface area contributed by atoms with Crippen LogP contribution in [0.15, 0.2) is 88.8 Å². The number of anilines is 1. The normalized spacial score (nSPS) is 15.7. The first-order valence-corrected chi connectivity index (χ1v) is 13.9. The fraction of sp³-hybridized carbons (Fsp3) is 0.233. The smallest absolute Gasteiger partial charge is 0.259 e. The van der Waals surface area contributed by atoms with Crippen molar-refractivity contribution in [2.75, 3.05) is 11.1 Å². The molecule has 0 spiro atoms. The number of carbonyl (C=O) groups excluding carboxylic acids is 3. The maximum atomic E-state index is 13.4. The first-order valence-electron chi connectivity index (χ1n) is 12.9. The zero-order valence-electron chi connectivity index (χ0n) is 21.6. The summed E-state index contributed by atoms with van der Waals surface area (Å²) in [4.78, 5) is 49.4. The lowest BCUT2D eigenvalue weighted by atomic mass is 10.1. The number of amidine groups is 2. The summed E-state index contributed by atoms with van der Waals surface area (Å²) < 4.78 is 0. The summed E-state index contributed by atoms with van der Waals surface area (Å²) in [6, 6.07) is 24.2. The number of rotatable bonds is 9. The number of thioether (sulfide) groups is 1. The summed E-state index contributed by atoms with van der Waals surface area (Å²) in [6.45, 7) is 2.51. The molecule has 2 aliphatic heterocycles. The van der Waals surface area contributed by atoms with Crippen molar-refractivity contribution in [3.05, 3.63) is 95.6 Å². The molecule has 0 fully saturated rings. The molecule has 8 nitrogen and oxygen atoms in total. The van der Waals surface area contributed by atoms with Gasteiger partial charge in [-0.05, 0) is 48.2 Å². The Hall–Kier alpha value is -4.24. The summed E-state index contributed by atoms with van der Waals surface area (Å²) in [6.07, 6.45) is 1.39. The summed E-state index contributed by atoms with van der Waals surface area (Å²) in [5.74, 6) is 0.0299. The van der Waals surface area contributed by atoms with E-state index in [2.05, 4.69) is 22.5 Å². The molecule has 2 heterocycles. The molecule has 2 N–H and O–H groups in total. The number of fused-ring (bicyclic) bond motifs is 3. The van der Waals surface area contributed by atoms with Gasteiger partial charge in [-0.2, -0.15) is 0 Å². The van der Waals surface area contributed by atoms with Crippen LogP contribution in [0.2, 0.25) is 0 Å². The fourth-order valence-corrected chi connectivity index (χ4v) is 5.19. The molecule has 3 aromatic carbocycles. The summed E-state index contributed by atoms with van der Waals surface area (Å²) in [5.41, 5.74) is 4.38. The first-order chi connectivity index (χ1) is 19.0. The minimum absolute atomic E-state index is 0.0835. The molecule has 5 rings (SSSR count). The number of nitrogens with one attached hydrogen (secondary N) is 2. The molecular weight excluding hydrogens is 510 g/mol. The maximum absolute atomic E-state index is 13.4. The van der Waals surface area contributed by atoms with Gasteiger partial charge in [-0.3, -0.25) is 19.4 Å². The van der Waals surface area contributed by atoms with Crippen molar-refractivity contribution in [3.8, 4) is 0 Å². The van der Waals surface area contributed by atoms with E-state index < -0.39 is 6.04 Å². The van der Waals surface area contributed by atoms with Crippen LogP contribution >= 0.6 is 11.8 Å². The second kappa shape index (κ2) is 12.1. The predicted octanol–water partition coefficient (Wildman–Crippen LogP) is 4.68. The third-order valence-corrected chi connectivity index (χ3v) is 7.44. The Morgan fingerprint density at radius 2 is 1.67 bits per heavy atom. The number of para-hydroxylation sites is 1. The van der Waals surface area contributed by atoms with Crippen LogP contribution in [0.1, 0.15) is 36.5 Å². The third kappa shape index (κ3) is 6.26. The zero-order valence-corrected chi connectivity index (χ0v) is 22.4. The van der Waals surface area contributed by atoms with Crippen LogP contribution in [0.4, 0.5) is 11.4 Å². The van der Waals surface area contributed by atoms with E-state index in [4.69, 9.17) is 4.99 Å². The number of aryl methyl sites for hydroxylation is 1. The number of hydrogen-bond acceptors (Lipinski definition) is 6. The second-order valence-corrected chi connectivity index (χ2v) is 10.2. The first kappa shape index (κ1) is 26.4. The Morgan fingerprint density at radius 1 is 0.923 bits per heavy atom. The van der Waals surface area contributed by atoms with Gasteiger partial charge >= 0.3 is 0 Å². The quantitative estimate of drug-likeness (QED) is 0.412. The van der Waals surface area contributed by atoms with E-state index in [0.29, 0.717) is 23.2 Å². The van der Waals surface area contributed by atoms with Gasteiger partial charge < -0.3 is 10.6 Å². The van der Waals surface area contributed by atoms with Gasteiger partial charge in [-0.15, -0.1) is 0 Å². The lowest BCUT2D eigenvalue weighted by Gasteiger charge is -2.25. The standard InChI is InChI=1S/C30H29N5O3S/c1-2-20-12-14-22(15-13-20)32-27(37)19-39-30-34-24-11-7-6-10-23(24)28-33-25(29(38)35(28)30)16-17-26(36)31-18-21-8-4-3-5-9-21/h3-15,25H,2,16-19H2,1H3,(H,31,36)(H,32,37). The van der Waals surface area contributed by atoms with Crippen molar-refractivity contribution < 1.29 is 14.4 Å². The largest absolute Gasteiger partial charge is 0.352 e. The average Bonchev–Trinajstić information content (AvgIpc) is 3.31. The maximum Gasteiger partial charge on any atom is 0.259 e. The van der Waals surface area contributed by atoms with E-state index in [1.165, 1.54) is 22.2 Å².